The second kappa shape index (κ2) is 6.87. The van der Waals surface area contributed by atoms with E-state index in [4.69, 9.17) is 23.2 Å². The van der Waals surface area contributed by atoms with Gasteiger partial charge in [-0.3, -0.25) is 9.00 Å². The van der Waals surface area contributed by atoms with Gasteiger partial charge in [0, 0.05) is 32.0 Å². The highest BCUT2D eigenvalue weighted by Crippen LogP contribution is 2.32. The Morgan fingerprint density at radius 1 is 1.08 bits per heavy atom. The standard InChI is InChI=1S/C18H13Cl2N3O2S/c19-12-6-4-11(5-7-12)18(24)21-17-15-9-26(25)10-16(15)22-23(17)14-3-1-2-13(20)8-14/h1-8H,9-10H2,(H,21,24)/t26-/m1/s1. The first kappa shape index (κ1) is 17.3. The number of hydrogen-bond donors (Lipinski definition) is 1. The van der Waals surface area contributed by atoms with Gasteiger partial charge in [-0.25, -0.2) is 4.68 Å². The fourth-order valence-electron chi connectivity index (χ4n) is 2.83. The van der Waals surface area contributed by atoms with Crippen LogP contribution in [0, 0.1) is 0 Å². The van der Waals surface area contributed by atoms with Gasteiger partial charge in [0.25, 0.3) is 5.91 Å². The maximum absolute atomic E-state index is 12.7. The summed E-state index contributed by atoms with van der Waals surface area (Å²) in [5, 5.41) is 8.57. The van der Waals surface area contributed by atoms with Gasteiger partial charge in [-0.2, -0.15) is 5.10 Å². The second-order valence-corrected chi connectivity index (χ2v) is 8.18. The van der Waals surface area contributed by atoms with Crippen molar-refractivity contribution in [3.63, 3.8) is 0 Å². The molecule has 0 saturated carbocycles. The molecule has 4 rings (SSSR count). The third-order valence-corrected chi connectivity index (χ3v) is 5.75. The summed E-state index contributed by atoms with van der Waals surface area (Å²) in [4.78, 5) is 12.7. The van der Waals surface area contributed by atoms with Crippen molar-refractivity contribution < 1.29 is 9.00 Å². The first-order valence-corrected chi connectivity index (χ1v) is 10.0. The smallest absolute Gasteiger partial charge is 0.256 e. The maximum Gasteiger partial charge on any atom is 0.256 e. The zero-order valence-electron chi connectivity index (χ0n) is 13.4. The van der Waals surface area contributed by atoms with E-state index in [0.717, 1.165) is 16.9 Å². The lowest BCUT2D eigenvalue weighted by atomic mass is 10.2. The highest BCUT2D eigenvalue weighted by atomic mass is 35.5. The SMILES string of the molecule is O=C(Nc1c2c(nn1-c1cccc(Cl)c1)C[S@](=O)C2)c1ccc(Cl)cc1. The Balaban J connectivity index is 1.75. The van der Waals surface area contributed by atoms with E-state index < -0.39 is 10.8 Å². The maximum atomic E-state index is 12.7. The molecule has 1 aliphatic heterocycles. The van der Waals surface area contributed by atoms with Gasteiger partial charge in [0.05, 0.1) is 22.9 Å². The predicted molar refractivity (Wildman–Crippen MR) is 104 cm³/mol. The van der Waals surface area contributed by atoms with Crippen molar-refractivity contribution in [3.05, 3.63) is 75.4 Å². The number of halogens is 2. The van der Waals surface area contributed by atoms with Crippen LogP contribution in [0.1, 0.15) is 21.6 Å². The minimum atomic E-state index is -1.00. The summed E-state index contributed by atoms with van der Waals surface area (Å²) in [6, 6.07) is 13.8. The van der Waals surface area contributed by atoms with Gasteiger partial charge in [-0.15, -0.1) is 0 Å². The molecule has 132 valence electrons. The van der Waals surface area contributed by atoms with Gasteiger partial charge in [-0.05, 0) is 42.5 Å². The van der Waals surface area contributed by atoms with Gasteiger partial charge in [0.2, 0.25) is 0 Å². The number of anilines is 1. The minimum Gasteiger partial charge on any atom is -0.306 e. The average molecular weight is 406 g/mol. The Morgan fingerprint density at radius 2 is 1.85 bits per heavy atom. The van der Waals surface area contributed by atoms with Crippen molar-refractivity contribution in [2.45, 2.75) is 11.5 Å². The van der Waals surface area contributed by atoms with E-state index >= 15 is 0 Å². The number of aromatic nitrogens is 2. The van der Waals surface area contributed by atoms with E-state index in [1.54, 1.807) is 41.1 Å². The van der Waals surface area contributed by atoms with E-state index in [-0.39, 0.29) is 5.91 Å². The second-order valence-electron chi connectivity index (χ2n) is 5.86. The molecule has 26 heavy (non-hydrogen) atoms. The first-order valence-electron chi connectivity index (χ1n) is 7.80. The molecule has 0 spiro atoms. The summed E-state index contributed by atoms with van der Waals surface area (Å²) >= 11 is 12.0. The fourth-order valence-corrected chi connectivity index (χ4v) is 4.41. The third kappa shape index (κ3) is 3.28. The molecule has 3 aromatic rings. The summed E-state index contributed by atoms with van der Waals surface area (Å²) in [5.41, 5.74) is 2.73. The monoisotopic (exact) mass is 405 g/mol. The molecule has 8 heteroatoms. The largest absolute Gasteiger partial charge is 0.306 e. The number of nitrogens with one attached hydrogen (secondary N) is 1. The molecular formula is C18H13Cl2N3O2S. The van der Waals surface area contributed by atoms with E-state index in [2.05, 4.69) is 10.4 Å². The fraction of sp³-hybridized carbons (Fsp3) is 0.111. The van der Waals surface area contributed by atoms with Gasteiger partial charge >= 0.3 is 0 Å². The molecular weight excluding hydrogens is 393 g/mol. The number of amides is 1. The van der Waals surface area contributed by atoms with E-state index in [1.165, 1.54) is 0 Å². The highest BCUT2D eigenvalue weighted by Gasteiger charge is 2.28. The van der Waals surface area contributed by atoms with Crippen molar-refractivity contribution >= 4 is 45.7 Å². The van der Waals surface area contributed by atoms with E-state index in [1.807, 2.05) is 12.1 Å². The van der Waals surface area contributed by atoms with Crippen LogP contribution in [-0.4, -0.2) is 19.9 Å². The number of rotatable bonds is 3. The lowest BCUT2D eigenvalue weighted by molar-refractivity contribution is 0.102. The van der Waals surface area contributed by atoms with Crippen LogP contribution in [0.2, 0.25) is 10.0 Å². The Bertz CT molecular complexity index is 1030. The summed E-state index contributed by atoms with van der Waals surface area (Å²) in [5.74, 6) is 0.983. The van der Waals surface area contributed by atoms with Crippen molar-refractivity contribution in [1.82, 2.24) is 9.78 Å². The molecule has 0 saturated heterocycles. The van der Waals surface area contributed by atoms with Crippen LogP contribution in [0.3, 0.4) is 0 Å². The lowest BCUT2D eigenvalue weighted by Gasteiger charge is -2.11. The molecule has 1 aliphatic rings. The van der Waals surface area contributed by atoms with Crippen LogP contribution in [-0.2, 0) is 22.3 Å². The van der Waals surface area contributed by atoms with Crippen LogP contribution in [0.25, 0.3) is 5.69 Å². The molecule has 0 unspecified atom stereocenters. The molecule has 1 aromatic heterocycles. The number of hydrogen-bond acceptors (Lipinski definition) is 3. The van der Waals surface area contributed by atoms with Gasteiger partial charge in [0.1, 0.15) is 5.82 Å². The molecule has 5 nitrogen and oxygen atoms in total. The van der Waals surface area contributed by atoms with Gasteiger partial charge in [0.15, 0.2) is 0 Å². The Kier molecular flexibility index (Phi) is 4.56. The number of fused-ring (bicyclic) bond motifs is 1. The van der Waals surface area contributed by atoms with Crippen LogP contribution in [0.15, 0.2) is 48.5 Å². The molecule has 1 amide bonds. The Labute approximate surface area is 162 Å². The number of nitrogens with zero attached hydrogens (tertiary/aromatic N) is 2. The van der Waals surface area contributed by atoms with Crippen LogP contribution in [0.5, 0.6) is 0 Å². The zero-order chi connectivity index (χ0) is 18.3. The number of carbonyl (C=O) groups is 1. The predicted octanol–water partition coefficient (Wildman–Crippen LogP) is 4.19. The van der Waals surface area contributed by atoms with Crippen LogP contribution >= 0.6 is 23.2 Å². The normalized spacial score (nSPS) is 15.7. The summed E-state index contributed by atoms with van der Waals surface area (Å²) in [6.45, 7) is 0. The average Bonchev–Trinajstić information content (AvgIpc) is 3.12. The van der Waals surface area contributed by atoms with Crippen molar-refractivity contribution in [2.24, 2.45) is 0 Å². The first-order chi connectivity index (χ1) is 12.5. The Morgan fingerprint density at radius 3 is 2.58 bits per heavy atom. The molecule has 1 atom stereocenters. The highest BCUT2D eigenvalue weighted by molar-refractivity contribution is 7.83. The molecule has 1 N–H and O–H groups in total. The lowest BCUT2D eigenvalue weighted by Crippen LogP contribution is -2.16. The topological polar surface area (TPSA) is 64.0 Å². The summed E-state index contributed by atoms with van der Waals surface area (Å²) < 4.78 is 13.6. The minimum absolute atomic E-state index is 0.287. The summed E-state index contributed by atoms with van der Waals surface area (Å²) in [6.07, 6.45) is 0. The molecule has 0 bridgehead atoms. The molecule has 0 aliphatic carbocycles. The van der Waals surface area contributed by atoms with Crippen LogP contribution < -0.4 is 5.32 Å². The quantitative estimate of drug-likeness (QED) is 0.710. The molecule has 2 heterocycles. The summed E-state index contributed by atoms with van der Waals surface area (Å²) in [7, 11) is -1.00. The number of carbonyl (C=O) groups excluding carboxylic acids is 1. The van der Waals surface area contributed by atoms with Crippen molar-refractivity contribution in [2.75, 3.05) is 5.32 Å². The number of benzene rings is 2. The van der Waals surface area contributed by atoms with Crippen LogP contribution in [0.4, 0.5) is 5.82 Å². The molecule has 0 fully saturated rings. The molecule has 2 aromatic carbocycles. The van der Waals surface area contributed by atoms with E-state index in [0.29, 0.717) is 32.9 Å². The Hall–Kier alpha value is -2.15. The van der Waals surface area contributed by atoms with Gasteiger partial charge < -0.3 is 5.32 Å². The van der Waals surface area contributed by atoms with Crippen molar-refractivity contribution in [3.8, 4) is 5.69 Å². The zero-order valence-corrected chi connectivity index (χ0v) is 15.7. The van der Waals surface area contributed by atoms with Gasteiger partial charge in [-0.1, -0.05) is 29.3 Å². The third-order valence-electron chi connectivity index (χ3n) is 4.06. The van der Waals surface area contributed by atoms with Crippen molar-refractivity contribution in [1.29, 1.82) is 0 Å². The van der Waals surface area contributed by atoms with E-state index in [9.17, 15) is 9.00 Å². The molecule has 0 radical (unpaired) electrons.